The molecule has 3 aromatic carbocycles. The molecule has 3 rings (SSSR count). The molecule has 0 unspecified atom stereocenters. The van der Waals surface area contributed by atoms with Crippen molar-refractivity contribution in [2.24, 2.45) is 0 Å². The number of rotatable bonds is 8. The quantitative estimate of drug-likeness (QED) is 0.396. The summed E-state index contributed by atoms with van der Waals surface area (Å²) in [6, 6.07) is 21.6. The van der Waals surface area contributed by atoms with E-state index in [9.17, 15) is 13.2 Å². The number of anilines is 1. The van der Waals surface area contributed by atoms with Gasteiger partial charge in [0, 0.05) is 22.8 Å². The van der Waals surface area contributed by atoms with E-state index in [-0.39, 0.29) is 10.8 Å². The Morgan fingerprint density at radius 1 is 0.900 bits per heavy atom. The maximum atomic E-state index is 12.7. The lowest BCUT2D eigenvalue weighted by Gasteiger charge is -2.14. The summed E-state index contributed by atoms with van der Waals surface area (Å²) in [4.78, 5) is 13.9. The molecule has 0 saturated heterocycles. The number of carbonyl (C=O) groups excluding carboxylic acids is 1. The summed E-state index contributed by atoms with van der Waals surface area (Å²) in [6.45, 7) is 4.15. The minimum absolute atomic E-state index is 0.181. The number of benzene rings is 3. The molecule has 5 nitrogen and oxygen atoms in total. The average Bonchev–Trinajstić information content (AvgIpc) is 2.73. The SMILES string of the molecule is Cc1ccc(S(=O)(=O)Nc2cccc(C(=O)NCCSc3ccccc3)c2C)cc1. The zero-order valence-corrected chi connectivity index (χ0v) is 18.5. The molecule has 30 heavy (non-hydrogen) atoms. The summed E-state index contributed by atoms with van der Waals surface area (Å²) in [5.74, 6) is 0.520. The number of amides is 1. The first-order valence-electron chi connectivity index (χ1n) is 9.52. The Kier molecular flexibility index (Phi) is 7.18. The Morgan fingerprint density at radius 3 is 2.30 bits per heavy atom. The second-order valence-corrected chi connectivity index (χ2v) is 9.66. The molecule has 0 heterocycles. The van der Waals surface area contributed by atoms with Gasteiger partial charge in [0.15, 0.2) is 0 Å². The van der Waals surface area contributed by atoms with E-state index < -0.39 is 10.0 Å². The molecule has 0 aliphatic rings. The van der Waals surface area contributed by atoms with Gasteiger partial charge in [0.2, 0.25) is 0 Å². The van der Waals surface area contributed by atoms with Crippen molar-refractivity contribution in [3.05, 3.63) is 89.5 Å². The van der Waals surface area contributed by atoms with Crippen LogP contribution in [0.5, 0.6) is 0 Å². The summed E-state index contributed by atoms with van der Waals surface area (Å²) in [7, 11) is -3.73. The molecule has 3 aromatic rings. The number of hydrogen-bond donors (Lipinski definition) is 2. The molecule has 0 atom stereocenters. The molecule has 7 heteroatoms. The highest BCUT2D eigenvalue weighted by Gasteiger charge is 2.17. The van der Waals surface area contributed by atoms with Gasteiger partial charge in [-0.2, -0.15) is 0 Å². The minimum atomic E-state index is -3.73. The highest BCUT2D eigenvalue weighted by atomic mass is 32.2. The van der Waals surface area contributed by atoms with E-state index >= 15 is 0 Å². The fraction of sp³-hybridized carbons (Fsp3) is 0.174. The van der Waals surface area contributed by atoms with Gasteiger partial charge in [-0.05, 0) is 55.8 Å². The van der Waals surface area contributed by atoms with Gasteiger partial charge in [-0.15, -0.1) is 11.8 Å². The van der Waals surface area contributed by atoms with Crippen LogP contribution in [0.25, 0.3) is 0 Å². The second kappa shape index (κ2) is 9.82. The van der Waals surface area contributed by atoms with Crippen molar-refractivity contribution in [2.75, 3.05) is 17.0 Å². The normalized spacial score (nSPS) is 11.1. The van der Waals surface area contributed by atoms with Crippen LogP contribution in [0.1, 0.15) is 21.5 Å². The van der Waals surface area contributed by atoms with Crippen LogP contribution in [0.15, 0.2) is 82.6 Å². The summed E-state index contributed by atoms with van der Waals surface area (Å²) in [6.07, 6.45) is 0. The van der Waals surface area contributed by atoms with E-state index in [1.54, 1.807) is 61.2 Å². The predicted octanol–water partition coefficient (Wildman–Crippen LogP) is 4.63. The summed E-state index contributed by atoms with van der Waals surface area (Å²) >= 11 is 1.67. The Balaban J connectivity index is 1.65. The van der Waals surface area contributed by atoms with Crippen LogP contribution >= 0.6 is 11.8 Å². The first-order valence-corrected chi connectivity index (χ1v) is 12.0. The summed E-state index contributed by atoms with van der Waals surface area (Å²) in [5.41, 5.74) is 2.40. The number of aryl methyl sites for hydroxylation is 1. The van der Waals surface area contributed by atoms with Crippen LogP contribution in [0.4, 0.5) is 5.69 Å². The molecule has 0 fully saturated rings. The van der Waals surface area contributed by atoms with Crippen LogP contribution in [0, 0.1) is 13.8 Å². The maximum Gasteiger partial charge on any atom is 0.261 e. The number of nitrogens with one attached hydrogen (secondary N) is 2. The van der Waals surface area contributed by atoms with Crippen molar-refractivity contribution in [1.29, 1.82) is 0 Å². The highest BCUT2D eigenvalue weighted by Crippen LogP contribution is 2.23. The van der Waals surface area contributed by atoms with E-state index in [1.165, 1.54) is 0 Å². The van der Waals surface area contributed by atoms with Crippen molar-refractivity contribution in [1.82, 2.24) is 5.32 Å². The molecule has 1 amide bonds. The third kappa shape index (κ3) is 5.64. The molecule has 2 N–H and O–H groups in total. The van der Waals surface area contributed by atoms with Crippen LogP contribution < -0.4 is 10.0 Å². The maximum absolute atomic E-state index is 12.7. The second-order valence-electron chi connectivity index (χ2n) is 6.81. The van der Waals surface area contributed by atoms with Crippen molar-refractivity contribution in [3.63, 3.8) is 0 Å². The van der Waals surface area contributed by atoms with Crippen molar-refractivity contribution in [2.45, 2.75) is 23.6 Å². The van der Waals surface area contributed by atoms with Crippen LogP contribution in [0.2, 0.25) is 0 Å². The van der Waals surface area contributed by atoms with E-state index in [2.05, 4.69) is 10.0 Å². The Labute approximate surface area is 182 Å². The number of thioether (sulfide) groups is 1. The number of carbonyl (C=O) groups is 1. The lowest BCUT2D eigenvalue weighted by molar-refractivity contribution is 0.0955. The van der Waals surface area contributed by atoms with Gasteiger partial charge in [0.05, 0.1) is 10.6 Å². The minimum Gasteiger partial charge on any atom is -0.351 e. The average molecular weight is 441 g/mol. The first kappa shape index (κ1) is 21.9. The third-order valence-electron chi connectivity index (χ3n) is 4.55. The first-order chi connectivity index (χ1) is 14.4. The number of hydrogen-bond acceptors (Lipinski definition) is 4. The highest BCUT2D eigenvalue weighted by molar-refractivity contribution is 7.99. The van der Waals surface area contributed by atoms with E-state index in [4.69, 9.17) is 0 Å². The monoisotopic (exact) mass is 440 g/mol. The molecule has 0 bridgehead atoms. The topological polar surface area (TPSA) is 75.3 Å². The van der Waals surface area contributed by atoms with E-state index in [1.807, 2.05) is 37.3 Å². The van der Waals surface area contributed by atoms with Crippen LogP contribution in [-0.2, 0) is 10.0 Å². The van der Waals surface area contributed by atoms with Gasteiger partial charge < -0.3 is 5.32 Å². The van der Waals surface area contributed by atoms with Crippen molar-refractivity contribution in [3.8, 4) is 0 Å². The lowest BCUT2D eigenvalue weighted by Crippen LogP contribution is -2.26. The van der Waals surface area contributed by atoms with Crippen LogP contribution in [-0.4, -0.2) is 26.6 Å². The fourth-order valence-electron chi connectivity index (χ4n) is 2.86. The van der Waals surface area contributed by atoms with E-state index in [0.29, 0.717) is 23.4 Å². The standard InChI is InChI=1S/C23H24N2O3S2/c1-17-11-13-20(14-12-17)30(27,28)25-22-10-6-9-21(18(22)2)23(26)24-15-16-29-19-7-4-3-5-8-19/h3-14,25H,15-16H2,1-2H3,(H,24,26). The Bertz CT molecular complexity index is 1110. The van der Waals surface area contributed by atoms with Gasteiger partial charge in [-0.25, -0.2) is 8.42 Å². The van der Waals surface area contributed by atoms with Crippen molar-refractivity contribution < 1.29 is 13.2 Å². The molecule has 0 aliphatic heterocycles. The Hall–Kier alpha value is -2.77. The van der Waals surface area contributed by atoms with Gasteiger partial charge in [0.1, 0.15) is 0 Å². The molecule has 156 valence electrons. The smallest absolute Gasteiger partial charge is 0.261 e. The molecule has 0 spiro atoms. The van der Waals surface area contributed by atoms with Crippen LogP contribution in [0.3, 0.4) is 0 Å². The van der Waals surface area contributed by atoms with Gasteiger partial charge >= 0.3 is 0 Å². The van der Waals surface area contributed by atoms with Gasteiger partial charge in [-0.3, -0.25) is 9.52 Å². The largest absolute Gasteiger partial charge is 0.351 e. The molecule has 0 aromatic heterocycles. The summed E-state index contributed by atoms with van der Waals surface area (Å²) < 4.78 is 27.9. The fourth-order valence-corrected chi connectivity index (χ4v) is 4.77. The molecular weight excluding hydrogens is 416 g/mol. The Morgan fingerprint density at radius 2 is 1.60 bits per heavy atom. The third-order valence-corrected chi connectivity index (χ3v) is 6.95. The molecule has 0 radical (unpaired) electrons. The summed E-state index contributed by atoms with van der Waals surface area (Å²) in [5, 5.41) is 2.90. The van der Waals surface area contributed by atoms with E-state index in [0.717, 1.165) is 16.2 Å². The lowest BCUT2D eigenvalue weighted by atomic mass is 10.1. The molecule has 0 saturated carbocycles. The van der Waals surface area contributed by atoms with Crippen molar-refractivity contribution >= 4 is 33.4 Å². The number of sulfonamides is 1. The van der Waals surface area contributed by atoms with Gasteiger partial charge in [-0.1, -0.05) is 42.0 Å². The predicted molar refractivity (Wildman–Crippen MR) is 123 cm³/mol. The molecular formula is C23H24N2O3S2. The zero-order valence-electron chi connectivity index (χ0n) is 16.9. The zero-order chi connectivity index (χ0) is 21.6. The van der Waals surface area contributed by atoms with Gasteiger partial charge in [0.25, 0.3) is 15.9 Å². The molecule has 0 aliphatic carbocycles.